The lowest BCUT2D eigenvalue weighted by molar-refractivity contribution is -0.132. The summed E-state index contributed by atoms with van der Waals surface area (Å²) < 4.78 is 0. The third kappa shape index (κ3) is 5.17. The van der Waals surface area contributed by atoms with E-state index in [0.29, 0.717) is 29.1 Å². The molecule has 2 saturated heterocycles. The van der Waals surface area contributed by atoms with Gasteiger partial charge in [0, 0.05) is 42.0 Å². The van der Waals surface area contributed by atoms with E-state index in [1.807, 2.05) is 40.6 Å². The van der Waals surface area contributed by atoms with Crippen LogP contribution < -0.4 is 0 Å². The summed E-state index contributed by atoms with van der Waals surface area (Å²) in [7, 11) is 0. The number of carboxylic acids is 1. The number of likely N-dealkylation sites (tertiary alicyclic amines) is 1. The summed E-state index contributed by atoms with van der Waals surface area (Å²) in [5.41, 5.74) is 1.32. The van der Waals surface area contributed by atoms with Gasteiger partial charge in [-0.2, -0.15) is 23.5 Å². The zero-order chi connectivity index (χ0) is 17.6. The first-order chi connectivity index (χ1) is 12.1. The number of carboxylic acid groups (broad SMARTS) is 1. The van der Waals surface area contributed by atoms with Gasteiger partial charge in [0.05, 0.1) is 5.56 Å². The summed E-state index contributed by atoms with van der Waals surface area (Å²) in [6.07, 6.45) is 3.39. The number of benzene rings is 1. The van der Waals surface area contributed by atoms with E-state index in [-0.39, 0.29) is 0 Å². The Morgan fingerprint density at radius 2 is 1.92 bits per heavy atom. The van der Waals surface area contributed by atoms with E-state index in [4.69, 9.17) is 0 Å². The fourth-order valence-corrected chi connectivity index (χ4v) is 6.25. The minimum Gasteiger partial charge on any atom is -0.478 e. The largest absolute Gasteiger partial charge is 0.478 e. The Bertz CT molecular complexity index is 608. The molecule has 1 atom stereocenters. The Kier molecular flexibility index (Phi) is 6.70. The van der Waals surface area contributed by atoms with Gasteiger partial charge >= 0.3 is 5.97 Å². The van der Waals surface area contributed by atoms with E-state index in [0.717, 1.165) is 49.4 Å². The molecular formula is C19H25NO3S2. The second-order valence-corrected chi connectivity index (χ2v) is 9.32. The number of hydrogen-bond donors (Lipinski definition) is 1. The highest BCUT2D eigenvalue weighted by Gasteiger charge is 2.26. The second kappa shape index (κ2) is 8.99. The maximum absolute atomic E-state index is 12.5. The van der Waals surface area contributed by atoms with Gasteiger partial charge in [0.15, 0.2) is 0 Å². The molecule has 1 aromatic carbocycles. The van der Waals surface area contributed by atoms with Crippen LogP contribution in [0, 0.1) is 5.92 Å². The van der Waals surface area contributed by atoms with Crippen LogP contribution in [0.1, 0.15) is 35.2 Å². The summed E-state index contributed by atoms with van der Waals surface area (Å²) in [6.45, 7) is 1.62. The summed E-state index contributed by atoms with van der Waals surface area (Å²) in [5, 5.41) is 9.79. The molecule has 25 heavy (non-hydrogen) atoms. The van der Waals surface area contributed by atoms with Gasteiger partial charge in [0.1, 0.15) is 0 Å². The van der Waals surface area contributed by atoms with E-state index in [1.165, 1.54) is 5.75 Å². The quantitative estimate of drug-likeness (QED) is 0.850. The predicted octanol–water partition coefficient (Wildman–Crippen LogP) is 3.40. The number of piperidine rings is 1. The van der Waals surface area contributed by atoms with E-state index < -0.39 is 5.97 Å². The maximum Gasteiger partial charge on any atom is 0.335 e. The Morgan fingerprint density at radius 3 is 2.60 bits per heavy atom. The first-order valence-corrected chi connectivity index (χ1v) is 11.1. The van der Waals surface area contributed by atoms with Gasteiger partial charge in [-0.3, -0.25) is 4.79 Å². The second-order valence-electron chi connectivity index (χ2n) is 6.76. The molecule has 1 aromatic rings. The molecule has 1 amide bonds. The number of carbonyl (C=O) groups excluding carboxylic acids is 1. The lowest BCUT2D eigenvalue weighted by Gasteiger charge is -2.33. The van der Waals surface area contributed by atoms with Gasteiger partial charge in [-0.25, -0.2) is 4.79 Å². The molecule has 1 N–H and O–H groups in total. The molecule has 1 unspecified atom stereocenters. The summed E-state index contributed by atoms with van der Waals surface area (Å²) >= 11 is 3.90. The molecule has 6 heteroatoms. The summed E-state index contributed by atoms with van der Waals surface area (Å²) in [6, 6.07) is 7.27. The van der Waals surface area contributed by atoms with Crippen LogP contribution >= 0.6 is 23.5 Å². The van der Waals surface area contributed by atoms with Crippen molar-refractivity contribution in [3.05, 3.63) is 35.4 Å². The van der Waals surface area contributed by atoms with Crippen LogP contribution in [0.5, 0.6) is 0 Å². The van der Waals surface area contributed by atoms with Crippen molar-refractivity contribution in [2.75, 3.05) is 30.3 Å². The van der Waals surface area contributed by atoms with E-state index in [9.17, 15) is 14.7 Å². The van der Waals surface area contributed by atoms with Crippen LogP contribution in [0.2, 0.25) is 0 Å². The number of rotatable bonds is 5. The minimum absolute atomic E-state index is 0.296. The first kappa shape index (κ1) is 18.6. The van der Waals surface area contributed by atoms with E-state index >= 15 is 0 Å². The highest BCUT2D eigenvalue weighted by atomic mass is 32.2. The first-order valence-electron chi connectivity index (χ1n) is 8.92. The van der Waals surface area contributed by atoms with Crippen molar-refractivity contribution < 1.29 is 14.7 Å². The zero-order valence-electron chi connectivity index (χ0n) is 14.4. The van der Waals surface area contributed by atoms with Crippen LogP contribution in [-0.4, -0.2) is 57.5 Å². The van der Waals surface area contributed by atoms with Crippen molar-refractivity contribution in [1.82, 2.24) is 4.90 Å². The monoisotopic (exact) mass is 379 g/mol. The molecule has 0 saturated carbocycles. The third-order valence-electron chi connectivity index (χ3n) is 5.01. The van der Waals surface area contributed by atoms with Gasteiger partial charge < -0.3 is 10.0 Å². The summed E-state index contributed by atoms with van der Waals surface area (Å²) in [4.78, 5) is 25.9. The van der Waals surface area contributed by atoms with Gasteiger partial charge in [-0.05, 0) is 36.8 Å². The fourth-order valence-electron chi connectivity index (χ4n) is 3.58. The van der Waals surface area contributed by atoms with Crippen molar-refractivity contribution in [2.24, 2.45) is 5.92 Å². The lowest BCUT2D eigenvalue weighted by Crippen LogP contribution is -2.40. The minimum atomic E-state index is -0.855. The van der Waals surface area contributed by atoms with Gasteiger partial charge in [0.25, 0.3) is 0 Å². The van der Waals surface area contributed by atoms with E-state index in [2.05, 4.69) is 0 Å². The Morgan fingerprint density at radius 1 is 1.16 bits per heavy atom. The lowest BCUT2D eigenvalue weighted by atomic mass is 9.88. The van der Waals surface area contributed by atoms with Crippen LogP contribution in [0.3, 0.4) is 0 Å². The molecular weight excluding hydrogens is 354 g/mol. The Hall–Kier alpha value is -1.14. The molecule has 2 fully saturated rings. The standard InChI is InChI=1S/C19H25NO3S2/c21-18(12-16-13-24-9-10-25-16)20-7-5-14(6-8-20)11-15-3-1-2-4-17(15)19(22)23/h1-4,14,16H,5-13H2,(H,22,23). The van der Waals surface area contributed by atoms with Crippen LogP contribution in [0.4, 0.5) is 0 Å². The molecule has 0 bridgehead atoms. The Labute approximate surface area is 157 Å². The van der Waals surface area contributed by atoms with Gasteiger partial charge in [-0.15, -0.1) is 0 Å². The molecule has 0 radical (unpaired) electrons. The molecule has 0 spiro atoms. The van der Waals surface area contributed by atoms with Gasteiger partial charge in [-0.1, -0.05) is 18.2 Å². The normalized spacial score (nSPS) is 21.9. The fraction of sp³-hybridized carbons (Fsp3) is 0.579. The number of thioether (sulfide) groups is 2. The average molecular weight is 380 g/mol. The van der Waals surface area contributed by atoms with Crippen molar-refractivity contribution in [2.45, 2.75) is 30.9 Å². The van der Waals surface area contributed by atoms with Crippen molar-refractivity contribution >= 4 is 35.4 Å². The molecule has 3 rings (SSSR count). The predicted molar refractivity (Wildman–Crippen MR) is 105 cm³/mol. The molecule has 0 aliphatic carbocycles. The molecule has 2 aliphatic heterocycles. The van der Waals surface area contributed by atoms with Crippen molar-refractivity contribution in [1.29, 1.82) is 0 Å². The number of nitrogens with zero attached hydrogens (tertiary/aromatic N) is 1. The van der Waals surface area contributed by atoms with E-state index in [1.54, 1.807) is 12.1 Å². The van der Waals surface area contributed by atoms with Crippen molar-refractivity contribution in [3.63, 3.8) is 0 Å². The van der Waals surface area contributed by atoms with Crippen molar-refractivity contribution in [3.8, 4) is 0 Å². The third-order valence-corrected chi connectivity index (χ3v) is 7.86. The Balaban J connectivity index is 1.48. The highest BCUT2D eigenvalue weighted by molar-refractivity contribution is 8.06. The van der Waals surface area contributed by atoms with Crippen LogP contribution in [0.15, 0.2) is 24.3 Å². The van der Waals surface area contributed by atoms with Crippen LogP contribution in [-0.2, 0) is 11.2 Å². The highest BCUT2D eigenvalue weighted by Crippen LogP contribution is 2.28. The number of amides is 1. The molecule has 0 aromatic heterocycles. The summed E-state index contributed by atoms with van der Waals surface area (Å²) in [5.74, 6) is 3.37. The number of aromatic carboxylic acids is 1. The van der Waals surface area contributed by atoms with Crippen LogP contribution in [0.25, 0.3) is 0 Å². The molecule has 2 heterocycles. The SMILES string of the molecule is O=C(O)c1ccccc1CC1CCN(C(=O)CC2CSCCS2)CC1. The molecule has 4 nitrogen and oxygen atoms in total. The molecule has 136 valence electrons. The maximum atomic E-state index is 12.5. The van der Waals surface area contributed by atoms with Gasteiger partial charge in [0.2, 0.25) is 5.91 Å². The molecule has 2 aliphatic rings. The topological polar surface area (TPSA) is 57.6 Å². The average Bonchev–Trinajstić information content (AvgIpc) is 2.63. The zero-order valence-corrected chi connectivity index (χ0v) is 16.0. The smallest absolute Gasteiger partial charge is 0.335 e. The number of carbonyl (C=O) groups is 2. The number of hydrogen-bond acceptors (Lipinski definition) is 4.